The van der Waals surface area contributed by atoms with Crippen LogP contribution in [0.3, 0.4) is 0 Å². The molecule has 16 rings (SSSR count). The minimum absolute atomic E-state index is 0. The van der Waals surface area contributed by atoms with Gasteiger partial charge in [-0.1, -0.05) is 145 Å². The van der Waals surface area contributed by atoms with Crippen LogP contribution in [-0.4, -0.2) is 224 Å². The number of para-hydroxylation sites is 3. The zero-order chi connectivity index (χ0) is 95.8. The molecule has 7 amide bonds. The standard InChI is InChI=1S/C26H34N4O7S2.C23H29N3O6S.C21H25ClN4O5S2.C13H16F3NO2.C3H7NO2S.CH4/c1-5-15-13-26(15,22(32)29-39(34,35)17-10-11-17)28-21(31)19-12-16(14-30(19)24(33)37-25(2,3)4)36-23-27-18-8-6-7-9-20(18)38-23;1-5-13-11-23(13,19(28)29)25-18(27)16-10-14(12-26(16)21(30)32-22(2,3)4)31-20-24-15-8-6-7-9-17(15)33-20;1-2-12-10-21(12,19(28)25-33(29,30)14-7-8-14)24-18(27)16-9-13(11-26(16)22)31-20-23-15-5-3-4-6-17(15)32-20;1-12(2,3)10(11(18)19)17-9-6-4-5-8(7-9)13(14,15)16;4-7(5,6)3-1-2-3;/h6-9,15-17,19H,5,10-14H2,1-4H3,(H,28,31)(H,29,32);6-9,13-14,16H,5,10-12H2,1-4H3,(H,25,27)(H,28,29);3-6,12-14,16H,2,7-11H2,1H3,(H,24,27)(H,25,28);4-7,10,17H,1-3H3,(H,18,19);3H,1-2H2,(H2,4,5,6);1H4/t15-,16-,19+,26-;13-,14-,16+,23-;12-,13-,16+,21-;10-;;/m1111../s1. The van der Waals surface area contributed by atoms with E-state index < -0.39 is 176 Å². The van der Waals surface area contributed by atoms with E-state index in [4.69, 9.17) is 45.7 Å². The molecule has 0 unspecified atom stereocenters. The Morgan fingerprint density at radius 1 is 0.515 bits per heavy atom. The first-order valence-corrected chi connectivity index (χ1v) is 50.6. The lowest BCUT2D eigenvalue weighted by molar-refractivity contribution is -0.144. The van der Waals surface area contributed by atoms with Crippen LogP contribution in [0, 0.1) is 23.2 Å². The number of hydrogen-bond donors (Lipinski definition) is 9. The number of carbonyl (C=O) groups excluding carboxylic acids is 7. The van der Waals surface area contributed by atoms with Gasteiger partial charge in [-0.15, -0.1) is 0 Å². The second-order valence-electron chi connectivity index (χ2n) is 37.3. The van der Waals surface area contributed by atoms with Gasteiger partial charge in [0.2, 0.25) is 47.8 Å². The number of nitrogens with two attached hydrogens (primary N) is 1. The summed E-state index contributed by atoms with van der Waals surface area (Å²) in [5, 5.41) is 34.6. The van der Waals surface area contributed by atoms with E-state index >= 15 is 0 Å². The number of nitrogens with zero attached hydrogens (tertiary/aromatic N) is 6. The summed E-state index contributed by atoms with van der Waals surface area (Å²) in [4.78, 5) is 131. The van der Waals surface area contributed by atoms with Gasteiger partial charge in [0.05, 0.1) is 71.6 Å². The van der Waals surface area contributed by atoms with Crippen LogP contribution >= 0.6 is 45.8 Å². The summed E-state index contributed by atoms with van der Waals surface area (Å²) in [7, 11) is -10.6. The van der Waals surface area contributed by atoms with Crippen LogP contribution < -0.4 is 50.1 Å². The van der Waals surface area contributed by atoms with Crippen molar-refractivity contribution in [1.82, 2.24) is 54.6 Å². The molecule has 45 heteroatoms. The Kier molecular flexibility index (Phi) is 31.3. The number of amides is 7. The molecule has 10 N–H and O–H groups in total. The number of benzene rings is 4. The lowest BCUT2D eigenvalue weighted by Gasteiger charge is -2.29. The fraction of sp³-hybridized carbons (Fsp3) is 0.586. The number of likely N-dealkylation sites (tertiary alicyclic amines) is 2. The zero-order valence-electron chi connectivity index (χ0n) is 74.3. The normalized spacial score (nSPS) is 25.2. The average Bonchev–Trinajstić information content (AvgIpc) is 1.58. The molecule has 13 atom stereocenters. The molecule has 3 saturated heterocycles. The van der Waals surface area contributed by atoms with E-state index in [2.05, 4.69) is 45.7 Å². The largest absolute Gasteiger partial charge is 0.480 e. The molecule has 3 aromatic heterocycles. The van der Waals surface area contributed by atoms with Crippen LogP contribution in [0.25, 0.3) is 30.6 Å². The number of primary sulfonamides is 1. The van der Waals surface area contributed by atoms with Gasteiger partial charge in [-0.3, -0.25) is 43.2 Å². The van der Waals surface area contributed by atoms with E-state index in [9.17, 15) is 86.7 Å². The minimum atomic E-state index is -4.45. The summed E-state index contributed by atoms with van der Waals surface area (Å²) in [6, 6.07) is 23.9. The Morgan fingerprint density at radius 3 is 1.17 bits per heavy atom. The maximum absolute atomic E-state index is 13.6. The topological polar surface area (TPSA) is 489 Å². The van der Waals surface area contributed by atoms with Gasteiger partial charge in [-0.2, -0.15) is 13.2 Å². The first-order chi connectivity index (χ1) is 61.2. The van der Waals surface area contributed by atoms with Gasteiger partial charge >= 0.3 is 30.3 Å². The predicted molar refractivity (Wildman–Crippen MR) is 490 cm³/mol. The molecule has 6 saturated carbocycles. The maximum Gasteiger partial charge on any atom is 0.416 e. The monoisotopic (exact) mass is 1980 g/mol. The van der Waals surface area contributed by atoms with Crippen molar-refractivity contribution in [3.8, 4) is 15.6 Å². The molecule has 724 valence electrons. The van der Waals surface area contributed by atoms with E-state index in [0.717, 1.165) is 55.6 Å². The Labute approximate surface area is 781 Å². The number of sulfonamides is 3. The van der Waals surface area contributed by atoms with Crippen LogP contribution in [0.1, 0.15) is 192 Å². The van der Waals surface area contributed by atoms with Crippen molar-refractivity contribution in [2.75, 3.05) is 25.0 Å². The highest BCUT2D eigenvalue weighted by Gasteiger charge is 2.65. The van der Waals surface area contributed by atoms with Crippen molar-refractivity contribution in [1.29, 1.82) is 0 Å². The van der Waals surface area contributed by atoms with Gasteiger partial charge in [0.25, 0.3) is 27.4 Å². The molecule has 0 spiro atoms. The zero-order valence-corrected chi connectivity index (χ0v) is 79.9. The Balaban J connectivity index is 0.000000168. The number of fused-ring (bicyclic) bond motifs is 3. The number of alkyl halides is 3. The smallest absolute Gasteiger partial charge is 0.416 e. The Hall–Kier alpha value is -9.57. The van der Waals surface area contributed by atoms with Gasteiger partial charge in [-0.05, 0) is 189 Å². The van der Waals surface area contributed by atoms with E-state index in [1.54, 1.807) is 62.3 Å². The van der Waals surface area contributed by atoms with Crippen molar-refractivity contribution < 1.29 is 115 Å². The highest BCUT2D eigenvalue weighted by molar-refractivity contribution is 7.91. The summed E-state index contributed by atoms with van der Waals surface area (Å²) in [6.07, 6.45) is 0.281. The van der Waals surface area contributed by atoms with Crippen LogP contribution in [0.4, 0.5) is 28.4 Å². The number of aliphatic carboxylic acids is 2. The summed E-state index contributed by atoms with van der Waals surface area (Å²) in [5.41, 5.74) is -4.18. The van der Waals surface area contributed by atoms with Crippen LogP contribution in [-0.2, 0) is 79.3 Å². The molecule has 9 fully saturated rings. The molecule has 6 heterocycles. The number of hydrogen-bond acceptors (Lipinski definition) is 28. The fourth-order valence-corrected chi connectivity index (χ4v) is 22.2. The minimum Gasteiger partial charge on any atom is -0.480 e. The van der Waals surface area contributed by atoms with E-state index in [-0.39, 0.29) is 68.2 Å². The molecular weight excluding hydrogens is 1860 g/mol. The second kappa shape index (κ2) is 40.2. The maximum atomic E-state index is 13.6. The van der Waals surface area contributed by atoms with Gasteiger partial charge in [0.1, 0.15) is 70.3 Å². The first-order valence-electron chi connectivity index (χ1n) is 43.2. The summed E-state index contributed by atoms with van der Waals surface area (Å²) in [6.45, 7) is 21.8. The number of aromatic nitrogens is 3. The van der Waals surface area contributed by atoms with E-state index in [0.29, 0.717) is 92.8 Å². The Bertz CT molecular complexity index is 5700. The quantitative estimate of drug-likeness (QED) is 0.0227. The van der Waals surface area contributed by atoms with Gasteiger partial charge in [-0.25, -0.2) is 68.9 Å². The van der Waals surface area contributed by atoms with E-state index in [1.165, 1.54) is 60.4 Å². The highest BCUT2D eigenvalue weighted by atomic mass is 35.5. The van der Waals surface area contributed by atoms with Gasteiger partial charge in [0, 0.05) is 24.9 Å². The molecule has 0 radical (unpaired) electrons. The second-order valence-corrected chi connectivity index (χ2v) is 46.5. The Morgan fingerprint density at radius 2 is 0.864 bits per heavy atom. The molecule has 9 aliphatic rings. The van der Waals surface area contributed by atoms with Crippen molar-refractivity contribution in [2.24, 2.45) is 28.3 Å². The van der Waals surface area contributed by atoms with Crippen molar-refractivity contribution >= 4 is 166 Å². The number of carboxylic acids is 2. The third-order valence-corrected chi connectivity index (χ3v) is 31.7. The summed E-state index contributed by atoms with van der Waals surface area (Å²) >= 11 is 10.5. The average molecular weight is 1980 g/mol. The molecule has 132 heavy (non-hydrogen) atoms. The summed E-state index contributed by atoms with van der Waals surface area (Å²) < 4.78 is 145. The molecule has 7 aromatic rings. The van der Waals surface area contributed by atoms with Crippen molar-refractivity contribution in [2.45, 2.75) is 279 Å². The molecule has 0 bridgehead atoms. The van der Waals surface area contributed by atoms with Crippen LogP contribution in [0.2, 0.25) is 0 Å². The van der Waals surface area contributed by atoms with Crippen molar-refractivity contribution in [3.05, 3.63) is 103 Å². The number of ether oxygens (including phenoxy) is 5. The van der Waals surface area contributed by atoms with Crippen molar-refractivity contribution in [3.63, 3.8) is 0 Å². The number of nitrogens with one attached hydrogen (secondary N) is 6. The van der Waals surface area contributed by atoms with Gasteiger partial charge < -0.3 is 55.2 Å². The lowest BCUT2D eigenvalue weighted by Crippen LogP contribution is -2.57. The number of thiazole rings is 3. The lowest BCUT2D eigenvalue weighted by atomic mass is 9.86. The SMILES string of the molecule is C.CC(C)(C)[C@H](Nc1cccc(C(F)(F)F)c1)C(=O)O.CC[C@@H]1C[C@]1(NC(=O)[C@@H]1C[C@@H](Oc2nc3ccccc3s2)CN1C(=O)OC(C)(C)C)C(=O)NS(=O)(=O)C1CC1.CC[C@@H]1C[C@]1(NC(=O)[C@@H]1C[C@@H](Oc2nc3ccccc3s2)CN1C(=O)OC(C)(C)C)C(=O)O.CC[C@@H]1C[C@]1(NC(=O)[C@@H]1C[C@@H](Oc2nc3ccccc3s2)CN1Cl)C(=O)NS(=O)(=O)C1CC1.NS(=O)(=O)C1CC1. The number of halogens is 4. The number of rotatable bonds is 26. The molecule has 6 aliphatic carbocycles. The molecule has 3 aliphatic heterocycles. The summed E-state index contributed by atoms with van der Waals surface area (Å²) in [5.74, 6) is -5.44. The number of carbonyl (C=O) groups is 9. The fourth-order valence-electron chi connectivity index (χ4n) is 15.7. The number of anilines is 1. The predicted octanol–water partition coefficient (Wildman–Crippen LogP) is 12.2. The number of carboxylic acid groups (broad SMARTS) is 2. The molecule has 4 aromatic carbocycles. The first kappa shape index (κ1) is 103. The van der Waals surface area contributed by atoms with Gasteiger partial charge in [0.15, 0.2) is 0 Å². The molecule has 35 nitrogen and oxygen atoms in total. The third kappa shape index (κ3) is 25.7. The van der Waals surface area contributed by atoms with E-state index in [1.807, 2.05) is 93.6 Å². The highest BCUT2D eigenvalue weighted by Crippen LogP contribution is 2.50. The van der Waals surface area contributed by atoms with Crippen LogP contribution in [0.15, 0.2) is 97.1 Å². The van der Waals surface area contributed by atoms with Crippen LogP contribution in [0.5, 0.6) is 15.6 Å². The molecular formula is C87H115ClF3N13O22S6. The third-order valence-electron chi connectivity index (χ3n) is 23.5.